The van der Waals surface area contributed by atoms with Crippen LogP contribution in [0.4, 0.5) is 0 Å². The van der Waals surface area contributed by atoms with E-state index in [2.05, 4.69) is 18.6 Å². The molecule has 2 atom stereocenters. The van der Waals surface area contributed by atoms with Gasteiger partial charge in [0.2, 0.25) is 10.0 Å². The van der Waals surface area contributed by atoms with Crippen LogP contribution in [0.2, 0.25) is 0 Å². The number of hydrogen-bond acceptors (Lipinski definition) is 9. The van der Waals surface area contributed by atoms with Crippen LogP contribution in [0.15, 0.2) is 59.5 Å². The summed E-state index contributed by atoms with van der Waals surface area (Å²) >= 11 is 0. The molecule has 13 heteroatoms. The molecule has 2 N–H and O–H groups in total. The first-order valence-corrected chi connectivity index (χ1v) is 28.7. The fraction of sp³-hybridized carbons (Fsp3) is 0.660. The number of nitrogens with one attached hydrogen (secondary N) is 1. The highest BCUT2D eigenvalue weighted by Crippen LogP contribution is 2.43. The van der Waals surface area contributed by atoms with Gasteiger partial charge >= 0.3 is 19.8 Å². The number of ether oxygens (including phenoxy) is 2. The number of carbonyl (C=O) groups excluding carboxylic acids is 2. The van der Waals surface area contributed by atoms with Gasteiger partial charge in [-0.25, -0.2) is 17.7 Å². The Morgan fingerprint density at radius 2 is 1.00 bits per heavy atom. The molecule has 0 heterocycles. The topological polar surface area (TPSA) is 155 Å². The minimum absolute atomic E-state index is 0.0868. The number of rotatable bonds is 40. The Balaban J connectivity index is 1.18. The van der Waals surface area contributed by atoms with Gasteiger partial charge in [0.1, 0.15) is 6.61 Å². The summed E-state index contributed by atoms with van der Waals surface area (Å²) in [5, 5.41) is 5.34. The third-order valence-electron chi connectivity index (χ3n) is 12.5. The van der Waals surface area contributed by atoms with Crippen molar-refractivity contribution in [1.29, 1.82) is 0 Å². The minimum atomic E-state index is -4.73. The Bertz CT molecular complexity index is 2110. The molecule has 0 fully saturated rings. The summed E-state index contributed by atoms with van der Waals surface area (Å²) in [6.45, 7) is 2.80. The summed E-state index contributed by atoms with van der Waals surface area (Å²) in [7, 11) is -8.78. The Kier molecular flexibility index (Phi) is 26.8. The molecule has 66 heavy (non-hydrogen) atoms. The molecule has 0 aliphatic heterocycles. The summed E-state index contributed by atoms with van der Waals surface area (Å²) in [5.41, 5.74) is 0. The first-order chi connectivity index (χ1) is 32.0. The maximum atomic E-state index is 13.5. The SMILES string of the molecule is CCCCCCCCCCCCCCCC(=O)OCC(COP(=O)(O)OCCNS(=O)(=O)c1ccc2ccc3cccc4ccc1c2c34)OC(=O)CCCCCCCCCCCCCCC. The second-order valence-corrected chi connectivity index (χ2v) is 21.4. The van der Waals surface area contributed by atoms with Crippen molar-refractivity contribution in [2.45, 2.75) is 205 Å². The van der Waals surface area contributed by atoms with E-state index in [0.29, 0.717) is 18.2 Å². The predicted octanol–water partition coefficient (Wildman–Crippen LogP) is 14.4. The van der Waals surface area contributed by atoms with Crippen molar-refractivity contribution in [3.63, 3.8) is 0 Å². The van der Waals surface area contributed by atoms with Crippen LogP contribution in [0, 0.1) is 0 Å². The molecule has 0 saturated heterocycles. The van der Waals surface area contributed by atoms with E-state index in [1.165, 1.54) is 116 Å². The van der Waals surface area contributed by atoms with Crippen molar-refractivity contribution in [3.8, 4) is 0 Å². The molecule has 0 amide bonds. The van der Waals surface area contributed by atoms with E-state index in [1.807, 2.05) is 36.4 Å². The number of sulfonamides is 1. The van der Waals surface area contributed by atoms with Gasteiger partial charge in [0.25, 0.3) is 0 Å². The Morgan fingerprint density at radius 3 is 1.52 bits per heavy atom. The minimum Gasteiger partial charge on any atom is -0.462 e. The zero-order valence-corrected chi connectivity index (χ0v) is 42.1. The van der Waals surface area contributed by atoms with E-state index in [-0.39, 0.29) is 30.9 Å². The summed E-state index contributed by atoms with van der Waals surface area (Å²) in [6.07, 6.45) is 30.1. The second kappa shape index (κ2) is 31.8. The zero-order valence-electron chi connectivity index (χ0n) is 40.4. The lowest BCUT2D eigenvalue weighted by Gasteiger charge is -2.20. The van der Waals surface area contributed by atoms with Gasteiger partial charge in [-0.05, 0) is 45.8 Å². The molecule has 0 saturated carbocycles. The van der Waals surface area contributed by atoms with E-state index >= 15 is 0 Å². The normalized spacial score (nSPS) is 13.4. The number of phosphoric ester groups is 1. The first kappa shape index (κ1) is 55.5. The molecular weight excluding hydrogens is 874 g/mol. The monoisotopic (exact) mass is 956 g/mol. The summed E-state index contributed by atoms with van der Waals surface area (Å²) in [4.78, 5) is 36.2. The van der Waals surface area contributed by atoms with Gasteiger partial charge in [-0.1, -0.05) is 216 Å². The molecule has 2 unspecified atom stereocenters. The lowest BCUT2D eigenvalue weighted by atomic mass is 9.94. The summed E-state index contributed by atoms with van der Waals surface area (Å²) in [6, 6.07) is 17.0. The number of unbranched alkanes of at least 4 members (excludes halogenated alkanes) is 24. The molecule has 0 aliphatic rings. The molecule has 4 aromatic carbocycles. The van der Waals surface area contributed by atoms with Crippen molar-refractivity contribution in [2.24, 2.45) is 0 Å². The Labute approximate surface area is 396 Å². The van der Waals surface area contributed by atoms with E-state index in [1.54, 1.807) is 18.2 Å². The van der Waals surface area contributed by atoms with Crippen LogP contribution in [0.3, 0.4) is 0 Å². The van der Waals surface area contributed by atoms with Crippen molar-refractivity contribution >= 4 is 62.1 Å². The van der Waals surface area contributed by atoms with Crippen LogP contribution in [0.25, 0.3) is 32.3 Å². The Morgan fingerprint density at radius 1 is 0.561 bits per heavy atom. The molecule has 370 valence electrons. The maximum absolute atomic E-state index is 13.5. The quantitative estimate of drug-likeness (QED) is 0.0190. The number of benzene rings is 4. The average Bonchev–Trinajstić information content (AvgIpc) is 3.31. The van der Waals surface area contributed by atoms with Crippen LogP contribution in [-0.4, -0.2) is 57.7 Å². The highest BCUT2D eigenvalue weighted by atomic mass is 32.2. The smallest absolute Gasteiger partial charge is 0.462 e. The van der Waals surface area contributed by atoms with Crippen LogP contribution >= 0.6 is 7.82 Å². The van der Waals surface area contributed by atoms with Crippen molar-refractivity contribution in [1.82, 2.24) is 4.72 Å². The molecule has 4 aromatic rings. The molecule has 0 aromatic heterocycles. The largest absolute Gasteiger partial charge is 0.472 e. The highest BCUT2D eigenvalue weighted by molar-refractivity contribution is 7.89. The third-order valence-corrected chi connectivity index (χ3v) is 15.1. The molecule has 11 nitrogen and oxygen atoms in total. The van der Waals surface area contributed by atoms with Crippen molar-refractivity contribution in [3.05, 3.63) is 54.6 Å². The van der Waals surface area contributed by atoms with Gasteiger partial charge in [0.05, 0.1) is 18.1 Å². The predicted molar refractivity (Wildman–Crippen MR) is 269 cm³/mol. The molecule has 0 aliphatic carbocycles. The van der Waals surface area contributed by atoms with Crippen LogP contribution in [0.5, 0.6) is 0 Å². The maximum Gasteiger partial charge on any atom is 0.472 e. The second-order valence-electron chi connectivity index (χ2n) is 18.2. The lowest BCUT2D eigenvalue weighted by Crippen LogP contribution is -2.30. The number of phosphoric acid groups is 1. The first-order valence-electron chi connectivity index (χ1n) is 25.7. The fourth-order valence-electron chi connectivity index (χ4n) is 8.77. The molecular formula is C53H82NO10PS. The van der Waals surface area contributed by atoms with Crippen molar-refractivity contribution < 1.29 is 46.0 Å². The summed E-state index contributed by atoms with van der Waals surface area (Å²) < 4.78 is 63.9. The number of carbonyl (C=O) groups is 2. The van der Waals surface area contributed by atoms with Crippen molar-refractivity contribution in [2.75, 3.05) is 26.4 Å². The van der Waals surface area contributed by atoms with Gasteiger partial charge in [-0.3, -0.25) is 18.6 Å². The summed E-state index contributed by atoms with van der Waals surface area (Å²) in [5.74, 6) is -0.940. The van der Waals surface area contributed by atoms with Crippen LogP contribution < -0.4 is 4.72 Å². The highest BCUT2D eigenvalue weighted by Gasteiger charge is 2.27. The van der Waals surface area contributed by atoms with E-state index in [9.17, 15) is 27.5 Å². The third kappa shape index (κ3) is 21.0. The fourth-order valence-corrected chi connectivity index (χ4v) is 10.7. The van der Waals surface area contributed by atoms with Crippen LogP contribution in [-0.2, 0) is 42.7 Å². The molecule has 4 rings (SSSR count). The molecule has 0 bridgehead atoms. The molecule has 0 radical (unpaired) electrons. The van der Waals surface area contributed by atoms with Gasteiger partial charge in [0, 0.05) is 24.8 Å². The van der Waals surface area contributed by atoms with E-state index < -0.39 is 49.1 Å². The van der Waals surface area contributed by atoms with Gasteiger partial charge in [-0.15, -0.1) is 0 Å². The van der Waals surface area contributed by atoms with Gasteiger partial charge in [0.15, 0.2) is 6.10 Å². The Hall–Kier alpha value is -3.12. The number of hydrogen-bond donors (Lipinski definition) is 2. The number of esters is 2. The van der Waals surface area contributed by atoms with Gasteiger partial charge in [-0.2, -0.15) is 0 Å². The standard InChI is InChI=1S/C53H82NO10PS/c1-3-5-7-9-11-13-15-17-19-21-23-25-27-32-50(55)61-42-47(64-51(56)33-28-26-24-22-20-18-16-14-12-10-8-6-4-2)43-63-65(57,58)62-41-40-54-66(59,60)49-39-37-46-35-34-44-30-29-31-45-36-38-48(49)53(46)52(44)45/h29-31,34-39,47,54H,3-28,32-33,40-43H2,1-2H3,(H,57,58). The van der Waals surface area contributed by atoms with Crippen LogP contribution in [0.1, 0.15) is 194 Å². The van der Waals surface area contributed by atoms with E-state index in [0.717, 1.165) is 65.5 Å². The average molecular weight is 956 g/mol. The molecule has 0 spiro atoms. The lowest BCUT2D eigenvalue weighted by molar-refractivity contribution is -0.161. The van der Waals surface area contributed by atoms with E-state index in [4.69, 9.17) is 18.5 Å². The zero-order chi connectivity index (χ0) is 47.3. The van der Waals surface area contributed by atoms with Gasteiger partial charge < -0.3 is 14.4 Å².